The molecule has 5 heteroatoms. The molecule has 0 spiro atoms. The number of benzene rings is 1. The van der Waals surface area contributed by atoms with Gasteiger partial charge in [-0.25, -0.2) is 4.79 Å². The fourth-order valence-electron chi connectivity index (χ4n) is 3.34. The van der Waals surface area contributed by atoms with Gasteiger partial charge in [0.2, 0.25) is 0 Å². The smallest absolute Gasteiger partial charge is 0.315 e. The molecular weight excluding hydrogens is 308 g/mol. The van der Waals surface area contributed by atoms with Gasteiger partial charge in [0.1, 0.15) is 0 Å². The standard InChI is InChI=1S/C18H26N2O2S/c21-17(20-15-6-4-5-7-15)19-14-18(10-12-22-13-11-18)23-16-8-2-1-3-9-16/h1-3,8-9,15H,4-7,10-14H2,(H2,19,20,21). The first-order valence-corrected chi connectivity index (χ1v) is 9.44. The third-order valence-electron chi connectivity index (χ3n) is 4.74. The highest BCUT2D eigenvalue weighted by Crippen LogP contribution is 2.40. The average Bonchev–Trinajstić information content (AvgIpc) is 3.08. The van der Waals surface area contributed by atoms with Gasteiger partial charge in [0.15, 0.2) is 0 Å². The van der Waals surface area contributed by atoms with Crippen LogP contribution in [0.3, 0.4) is 0 Å². The average molecular weight is 334 g/mol. The van der Waals surface area contributed by atoms with Crippen molar-refractivity contribution in [3.63, 3.8) is 0 Å². The van der Waals surface area contributed by atoms with Crippen molar-refractivity contribution < 1.29 is 9.53 Å². The maximum absolute atomic E-state index is 12.2. The summed E-state index contributed by atoms with van der Waals surface area (Å²) in [4.78, 5) is 13.4. The van der Waals surface area contributed by atoms with Crippen LogP contribution in [0.4, 0.5) is 4.79 Å². The predicted molar refractivity (Wildman–Crippen MR) is 93.9 cm³/mol. The molecule has 0 atom stereocenters. The van der Waals surface area contributed by atoms with Crippen molar-refractivity contribution in [1.82, 2.24) is 10.6 Å². The lowest BCUT2D eigenvalue weighted by Gasteiger charge is -2.36. The number of carbonyl (C=O) groups excluding carboxylic acids is 1. The fraction of sp³-hybridized carbons (Fsp3) is 0.611. The second-order valence-corrected chi connectivity index (χ2v) is 8.06. The number of hydrogen-bond acceptors (Lipinski definition) is 3. The van der Waals surface area contributed by atoms with Gasteiger partial charge in [0.25, 0.3) is 0 Å². The Hall–Kier alpha value is -1.20. The highest BCUT2D eigenvalue weighted by Gasteiger charge is 2.34. The molecule has 1 aliphatic heterocycles. The molecule has 0 bridgehead atoms. The van der Waals surface area contributed by atoms with E-state index in [1.54, 1.807) is 0 Å². The lowest BCUT2D eigenvalue weighted by molar-refractivity contribution is 0.0776. The monoisotopic (exact) mass is 334 g/mol. The minimum atomic E-state index is -0.0172. The molecule has 4 nitrogen and oxygen atoms in total. The van der Waals surface area contributed by atoms with Gasteiger partial charge in [0.05, 0.1) is 0 Å². The molecule has 2 amide bonds. The van der Waals surface area contributed by atoms with Crippen molar-refractivity contribution in [3.8, 4) is 0 Å². The van der Waals surface area contributed by atoms with Crippen LogP contribution in [0.15, 0.2) is 35.2 Å². The van der Waals surface area contributed by atoms with Crippen LogP contribution < -0.4 is 10.6 Å². The quantitative estimate of drug-likeness (QED) is 0.865. The summed E-state index contributed by atoms with van der Waals surface area (Å²) in [5.41, 5.74) is 0. The molecular formula is C18H26N2O2S. The van der Waals surface area contributed by atoms with Gasteiger partial charge in [-0.3, -0.25) is 0 Å². The Labute approximate surface area is 142 Å². The normalized spacial score (nSPS) is 21.0. The first-order valence-electron chi connectivity index (χ1n) is 8.62. The number of urea groups is 1. The number of ether oxygens (including phenoxy) is 1. The Bertz CT molecular complexity index is 497. The molecule has 1 aliphatic carbocycles. The Morgan fingerprint density at radius 3 is 2.57 bits per heavy atom. The van der Waals surface area contributed by atoms with E-state index < -0.39 is 0 Å². The molecule has 1 saturated carbocycles. The minimum absolute atomic E-state index is 0.0172. The summed E-state index contributed by atoms with van der Waals surface area (Å²) in [6.07, 6.45) is 6.63. The number of thioether (sulfide) groups is 1. The van der Waals surface area contributed by atoms with Crippen molar-refractivity contribution in [2.24, 2.45) is 0 Å². The molecule has 2 N–H and O–H groups in total. The summed E-state index contributed by atoms with van der Waals surface area (Å²) in [6, 6.07) is 10.8. The fourth-order valence-corrected chi connectivity index (χ4v) is 4.65. The second kappa shape index (κ2) is 8.06. The van der Waals surface area contributed by atoms with Gasteiger partial charge in [-0.2, -0.15) is 0 Å². The molecule has 3 rings (SSSR count). The van der Waals surface area contributed by atoms with Crippen LogP contribution in [-0.4, -0.2) is 36.6 Å². The number of carbonyl (C=O) groups is 1. The Morgan fingerprint density at radius 2 is 1.87 bits per heavy atom. The van der Waals surface area contributed by atoms with E-state index in [0.29, 0.717) is 12.6 Å². The summed E-state index contributed by atoms with van der Waals surface area (Å²) in [5, 5.41) is 6.22. The molecule has 1 heterocycles. The van der Waals surface area contributed by atoms with Crippen LogP contribution in [0.1, 0.15) is 38.5 Å². The van der Waals surface area contributed by atoms with Crippen molar-refractivity contribution in [3.05, 3.63) is 30.3 Å². The van der Waals surface area contributed by atoms with Gasteiger partial charge in [-0.15, -0.1) is 11.8 Å². The molecule has 126 valence electrons. The highest BCUT2D eigenvalue weighted by atomic mass is 32.2. The first kappa shape index (κ1) is 16.7. The van der Waals surface area contributed by atoms with E-state index >= 15 is 0 Å². The maximum Gasteiger partial charge on any atom is 0.315 e. The van der Waals surface area contributed by atoms with Crippen molar-refractivity contribution in [2.75, 3.05) is 19.8 Å². The molecule has 2 fully saturated rings. The zero-order chi connectivity index (χ0) is 16.0. The minimum Gasteiger partial charge on any atom is -0.381 e. The number of hydrogen-bond donors (Lipinski definition) is 2. The van der Waals surface area contributed by atoms with Crippen LogP contribution in [0.5, 0.6) is 0 Å². The molecule has 0 aromatic heterocycles. The summed E-state index contributed by atoms with van der Waals surface area (Å²) >= 11 is 1.87. The van der Waals surface area contributed by atoms with Crippen LogP contribution >= 0.6 is 11.8 Å². The Kier molecular flexibility index (Phi) is 5.84. The molecule has 1 saturated heterocycles. The summed E-state index contributed by atoms with van der Waals surface area (Å²) in [7, 11) is 0. The summed E-state index contributed by atoms with van der Waals surface area (Å²) in [6.45, 7) is 2.23. The SMILES string of the molecule is O=C(NCC1(Sc2ccccc2)CCOCC1)NC1CCCC1. The molecule has 1 aromatic rings. The van der Waals surface area contributed by atoms with Crippen LogP contribution in [0.2, 0.25) is 0 Å². The number of amides is 2. The van der Waals surface area contributed by atoms with E-state index in [1.807, 2.05) is 17.8 Å². The molecule has 1 aromatic carbocycles. The highest BCUT2D eigenvalue weighted by molar-refractivity contribution is 8.00. The Morgan fingerprint density at radius 1 is 1.17 bits per heavy atom. The van der Waals surface area contributed by atoms with E-state index in [9.17, 15) is 4.79 Å². The van der Waals surface area contributed by atoms with E-state index in [4.69, 9.17) is 4.74 Å². The van der Waals surface area contributed by atoms with Crippen LogP contribution in [0, 0.1) is 0 Å². The van der Waals surface area contributed by atoms with Gasteiger partial charge < -0.3 is 15.4 Å². The topological polar surface area (TPSA) is 50.4 Å². The number of nitrogens with one attached hydrogen (secondary N) is 2. The molecule has 0 unspecified atom stereocenters. The number of rotatable bonds is 5. The van der Waals surface area contributed by atoms with E-state index in [1.165, 1.54) is 17.7 Å². The predicted octanol–water partition coefficient (Wildman–Crippen LogP) is 3.57. The van der Waals surface area contributed by atoms with Gasteiger partial charge in [0, 0.05) is 35.4 Å². The van der Waals surface area contributed by atoms with Gasteiger partial charge in [-0.05, 0) is 37.8 Å². The largest absolute Gasteiger partial charge is 0.381 e. The van der Waals surface area contributed by atoms with Gasteiger partial charge >= 0.3 is 6.03 Å². The Balaban J connectivity index is 1.56. The van der Waals surface area contributed by atoms with Crippen LogP contribution in [0.25, 0.3) is 0 Å². The van der Waals surface area contributed by atoms with E-state index in [-0.39, 0.29) is 10.8 Å². The molecule has 2 aliphatic rings. The van der Waals surface area contributed by atoms with Crippen LogP contribution in [-0.2, 0) is 4.74 Å². The summed E-state index contributed by atoms with van der Waals surface area (Å²) < 4.78 is 5.57. The van der Waals surface area contributed by atoms with E-state index in [0.717, 1.165) is 38.9 Å². The van der Waals surface area contributed by atoms with Gasteiger partial charge in [-0.1, -0.05) is 31.0 Å². The summed E-state index contributed by atoms with van der Waals surface area (Å²) in [5.74, 6) is 0. The molecule has 0 radical (unpaired) electrons. The molecule has 23 heavy (non-hydrogen) atoms. The van der Waals surface area contributed by atoms with Crippen molar-refractivity contribution in [1.29, 1.82) is 0 Å². The zero-order valence-electron chi connectivity index (χ0n) is 13.6. The maximum atomic E-state index is 12.2. The van der Waals surface area contributed by atoms with Crippen molar-refractivity contribution in [2.45, 2.75) is 54.2 Å². The zero-order valence-corrected chi connectivity index (χ0v) is 14.4. The van der Waals surface area contributed by atoms with E-state index in [2.05, 4.69) is 34.9 Å². The lowest BCUT2D eigenvalue weighted by Crippen LogP contribution is -2.48. The lowest BCUT2D eigenvalue weighted by atomic mass is 9.99. The third kappa shape index (κ3) is 4.88. The first-order chi connectivity index (χ1) is 11.3. The third-order valence-corrected chi connectivity index (χ3v) is 6.24. The van der Waals surface area contributed by atoms with Crippen molar-refractivity contribution >= 4 is 17.8 Å². The second-order valence-electron chi connectivity index (χ2n) is 6.52.